The molecule has 3 aromatic rings. The van der Waals surface area contributed by atoms with Gasteiger partial charge in [-0.25, -0.2) is 5.43 Å². The van der Waals surface area contributed by atoms with Crippen LogP contribution in [0.2, 0.25) is 0 Å². The highest BCUT2D eigenvalue weighted by atomic mass is 79.9. The fourth-order valence-corrected chi connectivity index (χ4v) is 3.17. The number of hydrogen-bond acceptors (Lipinski definition) is 4. The zero-order valence-corrected chi connectivity index (χ0v) is 18.6. The summed E-state index contributed by atoms with van der Waals surface area (Å²) in [6.07, 6.45) is 1.18. The minimum Gasteiger partial charge on any atom is -0.488 e. The van der Waals surface area contributed by atoms with Crippen molar-refractivity contribution in [1.82, 2.24) is 5.43 Å². The number of anilines is 1. The molecule has 0 aliphatic heterocycles. The van der Waals surface area contributed by atoms with Crippen molar-refractivity contribution in [1.29, 1.82) is 0 Å². The summed E-state index contributed by atoms with van der Waals surface area (Å²) in [6.45, 7) is 2.43. The Kier molecular flexibility index (Phi) is 7.95. The molecule has 3 aromatic carbocycles. The van der Waals surface area contributed by atoms with E-state index in [2.05, 4.69) is 31.8 Å². The third-order valence-corrected chi connectivity index (χ3v) is 4.87. The van der Waals surface area contributed by atoms with Crippen LogP contribution in [-0.4, -0.2) is 18.0 Å². The van der Waals surface area contributed by atoms with Gasteiger partial charge in [0.2, 0.25) is 11.8 Å². The number of hydrogen-bond donors (Lipinski definition) is 2. The standard InChI is InChI=1S/C24H22BrN3O3/c1-17-7-10-20(11-8-17)27-23(29)14-24(30)28-26-15-19-9-12-22(21(25)13-19)31-16-18-5-3-2-4-6-18/h2-13,15H,14,16H2,1H3,(H,27,29)(H,28,30). The average molecular weight is 480 g/mol. The van der Waals surface area contributed by atoms with Crippen molar-refractivity contribution < 1.29 is 14.3 Å². The molecular weight excluding hydrogens is 458 g/mol. The predicted molar refractivity (Wildman–Crippen MR) is 125 cm³/mol. The molecular formula is C24H22BrN3O3. The van der Waals surface area contributed by atoms with Gasteiger partial charge >= 0.3 is 0 Å². The van der Waals surface area contributed by atoms with Crippen molar-refractivity contribution in [3.8, 4) is 5.75 Å². The second kappa shape index (κ2) is 11.1. The number of ether oxygens (including phenoxy) is 1. The molecule has 0 aliphatic rings. The topological polar surface area (TPSA) is 79.8 Å². The van der Waals surface area contributed by atoms with Gasteiger partial charge in [-0.2, -0.15) is 5.10 Å². The van der Waals surface area contributed by atoms with Gasteiger partial charge < -0.3 is 10.1 Å². The monoisotopic (exact) mass is 479 g/mol. The lowest BCUT2D eigenvalue weighted by molar-refractivity contribution is -0.126. The van der Waals surface area contributed by atoms with Gasteiger partial charge in [0.1, 0.15) is 18.8 Å². The van der Waals surface area contributed by atoms with Crippen LogP contribution in [0.5, 0.6) is 5.75 Å². The highest BCUT2D eigenvalue weighted by Crippen LogP contribution is 2.26. The number of benzene rings is 3. The van der Waals surface area contributed by atoms with Crippen molar-refractivity contribution in [2.45, 2.75) is 20.0 Å². The molecule has 3 rings (SSSR count). The van der Waals surface area contributed by atoms with Gasteiger partial charge in [0, 0.05) is 5.69 Å². The molecule has 6 nitrogen and oxygen atoms in total. The molecule has 0 aromatic heterocycles. The van der Waals surface area contributed by atoms with E-state index in [9.17, 15) is 9.59 Å². The van der Waals surface area contributed by atoms with Crippen LogP contribution in [0.1, 0.15) is 23.1 Å². The number of amides is 2. The first-order chi connectivity index (χ1) is 15.0. The van der Waals surface area contributed by atoms with E-state index in [1.54, 1.807) is 12.1 Å². The molecule has 2 amide bonds. The summed E-state index contributed by atoms with van der Waals surface area (Å²) in [5, 5.41) is 6.59. The number of hydrazone groups is 1. The summed E-state index contributed by atoms with van der Waals surface area (Å²) in [5.74, 6) is -0.195. The molecule has 0 saturated heterocycles. The highest BCUT2D eigenvalue weighted by molar-refractivity contribution is 9.10. The molecule has 0 bridgehead atoms. The second-order valence-corrected chi connectivity index (χ2v) is 7.70. The zero-order chi connectivity index (χ0) is 22.1. The third-order valence-electron chi connectivity index (χ3n) is 4.25. The van der Waals surface area contributed by atoms with E-state index in [1.807, 2.05) is 67.6 Å². The number of rotatable bonds is 8. The summed E-state index contributed by atoms with van der Waals surface area (Å²) in [4.78, 5) is 23.9. The van der Waals surface area contributed by atoms with Crippen LogP contribution in [-0.2, 0) is 16.2 Å². The average Bonchev–Trinajstić information content (AvgIpc) is 2.75. The summed E-state index contributed by atoms with van der Waals surface area (Å²) in [5.41, 5.74) is 5.94. The Labute approximate surface area is 189 Å². The van der Waals surface area contributed by atoms with E-state index in [4.69, 9.17) is 4.74 Å². The Morgan fingerprint density at radius 3 is 2.45 bits per heavy atom. The Bertz CT molecular complexity index is 1070. The SMILES string of the molecule is Cc1ccc(NC(=O)CC(=O)NN=Cc2ccc(OCc3ccccc3)c(Br)c2)cc1. The van der Waals surface area contributed by atoms with Gasteiger partial charge in [0.05, 0.1) is 10.7 Å². The highest BCUT2D eigenvalue weighted by Gasteiger charge is 2.09. The number of aryl methyl sites for hydroxylation is 1. The van der Waals surface area contributed by atoms with Crippen molar-refractivity contribution in [3.63, 3.8) is 0 Å². The van der Waals surface area contributed by atoms with Gasteiger partial charge in [-0.05, 0) is 64.3 Å². The number of nitrogens with one attached hydrogen (secondary N) is 2. The van der Waals surface area contributed by atoms with Crippen LogP contribution in [0.15, 0.2) is 82.4 Å². The lowest BCUT2D eigenvalue weighted by atomic mass is 10.2. The van der Waals surface area contributed by atoms with Crippen LogP contribution in [0, 0.1) is 6.92 Å². The minimum atomic E-state index is -0.497. The molecule has 0 heterocycles. The van der Waals surface area contributed by atoms with Crippen molar-refractivity contribution in [2.75, 3.05) is 5.32 Å². The maximum absolute atomic E-state index is 11.9. The zero-order valence-electron chi connectivity index (χ0n) is 17.0. The van der Waals surface area contributed by atoms with Gasteiger partial charge in [0.25, 0.3) is 0 Å². The van der Waals surface area contributed by atoms with Gasteiger partial charge in [-0.1, -0.05) is 48.0 Å². The van der Waals surface area contributed by atoms with Gasteiger partial charge in [0.15, 0.2) is 0 Å². The van der Waals surface area contributed by atoms with Crippen molar-refractivity contribution >= 4 is 39.6 Å². The molecule has 0 unspecified atom stereocenters. The fourth-order valence-electron chi connectivity index (χ4n) is 2.66. The molecule has 7 heteroatoms. The van der Waals surface area contributed by atoms with Crippen molar-refractivity contribution in [2.24, 2.45) is 5.10 Å². The van der Waals surface area contributed by atoms with Crippen LogP contribution in [0.4, 0.5) is 5.69 Å². The predicted octanol–water partition coefficient (Wildman–Crippen LogP) is 4.82. The lowest BCUT2D eigenvalue weighted by Crippen LogP contribution is -2.24. The summed E-state index contributed by atoms with van der Waals surface area (Å²) >= 11 is 3.48. The van der Waals surface area contributed by atoms with Crippen LogP contribution in [0.3, 0.4) is 0 Å². The van der Waals surface area contributed by atoms with E-state index >= 15 is 0 Å². The number of halogens is 1. The summed E-state index contributed by atoms with van der Waals surface area (Å²) in [6, 6.07) is 22.7. The first-order valence-corrected chi connectivity index (χ1v) is 10.4. The van der Waals surface area contributed by atoms with E-state index in [0.717, 1.165) is 21.2 Å². The summed E-state index contributed by atoms with van der Waals surface area (Å²) in [7, 11) is 0. The maximum atomic E-state index is 11.9. The largest absolute Gasteiger partial charge is 0.488 e. The maximum Gasteiger partial charge on any atom is 0.249 e. The van der Waals surface area contributed by atoms with Gasteiger partial charge in [-0.3, -0.25) is 9.59 Å². The van der Waals surface area contributed by atoms with Crippen molar-refractivity contribution in [3.05, 3.63) is 94.0 Å². The second-order valence-electron chi connectivity index (χ2n) is 6.85. The normalized spacial score (nSPS) is 10.6. The molecule has 0 aliphatic carbocycles. The molecule has 0 spiro atoms. The Morgan fingerprint density at radius 1 is 1.00 bits per heavy atom. The molecule has 0 saturated carbocycles. The Hall–Kier alpha value is -3.45. The quantitative estimate of drug-likeness (QED) is 0.276. The number of carbonyl (C=O) groups is 2. The number of carbonyl (C=O) groups excluding carboxylic acids is 2. The van der Waals surface area contributed by atoms with E-state index in [0.29, 0.717) is 18.0 Å². The first kappa shape index (κ1) is 22.2. The molecule has 158 valence electrons. The Balaban J connectivity index is 1.46. The molecule has 2 N–H and O–H groups in total. The molecule has 0 fully saturated rings. The molecule has 0 radical (unpaired) electrons. The lowest BCUT2D eigenvalue weighted by Gasteiger charge is -2.09. The summed E-state index contributed by atoms with van der Waals surface area (Å²) < 4.78 is 6.59. The molecule has 31 heavy (non-hydrogen) atoms. The Morgan fingerprint density at radius 2 is 1.74 bits per heavy atom. The fraction of sp³-hybridized carbons (Fsp3) is 0.125. The first-order valence-electron chi connectivity index (χ1n) is 9.64. The van der Waals surface area contributed by atoms with Crippen LogP contribution >= 0.6 is 15.9 Å². The number of nitrogens with zero attached hydrogens (tertiary/aromatic N) is 1. The van der Waals surface area contributed by atoms with Crippen LogP contribution < -0.4 is 15.5 Å². The minimum absolute atomic E-state index is 0.318. The van der Waals surface area contributed by atoms with Crippen LogP contribution in [0.25, 0.3) is 0 Å². The van der Waals surface area contributed by atoms with Gasteiger partial charge in [-0.15, -0.1) is 0 Å². The third kappa shape index (κ3) is 7.38. The molecule has 0 atom stereocenters. The van der Waals surface area contributed by atoms with E-state index < -0.39 is 11.8 Å². The smallest absolute Gasteiger partial charge is 0.249 e. The van der Waals surface area contributed by atoms with E-state index in [1.165, 1.54) is 6.21 Å². The van der Waals surface area contributed by atoms with E-state index in [-0.39, 0.29) is 6.42 Å².